The third-order valence-electron chi connectivity index (χ3n) is 2.54. The van der Waals surface area contributed by atoms with Crippen molar-refractivity contribution in [2.45, 2.75) is 39.8 Å². The molecule has 0 saturated carbocycles. The van der Waals surface area contributed by atoms with Gasteiger partial charge in [0.2, 0.25) is 0 Å². The maximum Gasteiger partial charge on any atom is 0.315 e. The minimum Gasteiger partial charge on any atom is -0.385 e. The molecule has 0 fully saturated rings. The van der Waals surface area contributed by atoms with Gasteiger partial charge in [-0.3, -0.25) is 0 Å². The van der Waals surface area contributed by atoms with Crippen LogP contribution in [0.5, 0.6) is 0 Å². The van der Waals surface area contributed by atoms with Crippen molar-refractivity contribution in [1.82, 2.24) is 15.6 Å². The molecule has 102 valence electrons. The second-order valence-corrected chi connectivity index (χ2v) is 5.54. The summed E-state index contributed by atoms with van der Waals surface area (Å²) in [6, 6.07) is -0.0432. The molecule has 0 aliphatic carbocycles. The zero-order valence-corrected chi connectivity index (χ0v) is 12.2. The first-order valence-electron chi connectivity index (χ1n) is 5.99. The number of hydrogen-bond acceptors (Lipinski definition) is 4. The van der Waals surface area contributed by atoms with Gasteiger partial charge in [0.25, 0.3) is 0 Å². The van der Waals surface area contributed by atoms with Crippen molar-refractivity contribution in [3.05, 3.63) is 15.6 Å². The minimum atomic E-state index is -0.149. The third-order valence-corrected chi connectivity index (χ3v) is 3.61. The molecule has 0 radical (unpaired) electrons. The van der Waals surface area contributed by atoms with Crippen LogP contribution < -0.4 is 10.6 Å². The van der Waals surface area contributed by atoms with E-state index < -0.39 is 0 Å². The first-order valence-corrected chi connectivity index (χ1v) is 6.80. The second-order valence-electron chi connectivity index (χ2n) is 4.25. The molecule has 5 nitrogen and oxygen atoms in total. The summed E-state index contributed by atoms with van der Waals surface area (Å²) in [5, 5.41) is 6.73. The lowest BCUT2D eigenvalue weighted by atomic mass is 10.2. The van der Waals surface area contributed by atoms with Crippen molar-refractivity contribution >= 4 is 17.4 Å². The lowest BCUT2D eigenvalue weighted by Crippen LogP contribution is -2.40. The normalized spacial score (nSPS) is 12.2. The van der Waals surface area contributed by atoms with Gasteiger partial charge in [-0.25, -0.2) is 9.78 Å². The summed E-state index contributed by atoms with van der Waals surface area (Å²) in [6.07, 6.45) is 0.808. The highest BCUT2D eigenvalue weighted by molar-refractivity contribution is 7.11. The molecule has 1 heterocycles. The Bertz CT molecular complexity index is 393. The van der Waals surface area contributed by atoms with Gasteiger partial charge in [0.1, 0.15) is 0 Å². The summed E-state index contributed by atoms with van der Waals surface area (Å²) >= 11 is 1.62. The van der Waals surface area contributed by atoms with Crippen molar-refractivity contribution in [2.24, 2.45) is 0 Å². The number of thiazole rings is 1. The average molecular weight is 271 g/mol. The average Bonchev–Trinajstić information content (AvgIpc) is 2.62. The highest BCUT2D eigenvalue weighted by atomic mass is 32.1. The van der Waals surface area contributed by atoms with Crippen LogP contribution in [0, 0.1) is 13.8 Å². The smallest absolute Gasteiger partial charge is 0.315 e. The van der Waals surface area contributed by atoms with E-state index in [4.69, 9.17) is 4.74 Å². The van der Waals surface area contributed by atoms with Gasteiger partial charge in [-0.05, 0) is 27.2 Å². The van der Waals surface area contributed by atoms with Gasteiger partial charge in [0, 0.05) is 24.6 Å². The minimum absolute atomic E-state index is 0.106. The number of rotatable bonds is 6. The Labute approximate surface area is 112 Å². The van der Waals surface area contributed by atoms with E-state index in [1.54, 1.807) is 18.4 Å². The molecule has 0 spiro atoms. The van der Waals surface area contributed by atoms with Crippen LogP contribution in [-0.4, -0.2) is 30.8 Å². The fourth-order valence-electron chi connectivity index (χ4n) is 1.54. The number of ether oxygens (including phenoxy) is 1. The second kappa shape index (κ2) is 7.33. The zero-order chi connectivity index (χ0) is 13.5. The summed E-state index contributed by atoms with van der Waals surface area (Å²) in [6.45, 7) is 7.06. The molecule has 1 aromatic rings. The number of nitrogens with one attached hydrogen (secondary N) is 2. The number of urea groups is 1. The molecule has 6 heteroatoms. The molecular formula is C12H21N3O2S. The summed E-state index contributed by atoms with van der Waals surface area (Å²) in [5.74, 6) is 0. The SMILES string of the molecule is COCCC(C)NC(=O)NCc1sc(C)nc1C. The van der Waals surface area contributed by atoms with E-state index in [0.717, 1.165) is 22.0 Å². The number of hydrogen-bond donors (Lipinski definition) is 2. The fraction of sp³-hybridized carbons (Fsp3) is 0.667. The largest absolute Gasteiger partial charge is 0.385 e. The van der Waals surface area contributed by atoms with E-state index in [-0.39, 0.29) is 12.1 Å². The molecular weight excluding hydrogens is 250 g/mol. The fourth-order valence-corrected chi connectivity index (χ4v) is 2.42. The highest BCUT2D eigenvalue weighted by Crippen LogP contribution is 2.16. The number of aryl methyl sites for hydroxylation is 2. The van der Waals surface area contributed by atoms with E-state index in [1.165, 1.54) is 0 Å². The van der Waals surface area contributed by atoms with Crippen LogP contribution in [0.3, 0.4) is 0 Å². The van der Waals surface area contributed by atoms with Crippen molar-refractivity contribution in [3.63, 3.8) is 0 Å². The molecule has 18 heavy (non-hydrogen) atoms. The Hall–Kier alpha value is -1.14. The number of amides is 2. The first kappa shape index (κ1) is 14.9. The molecule has 0 aromatic carbocycles. The van der Waals surface area contributed by atoms with Gasteiger partial charge in [-0.15, -0.1) is 11.3 Å². The summed E-state index contributed by atoms with van der Waals surface area (Å²) in [7, 11) is 1.65. The van der Waals surface area contributed by atoms with Crippen molar-refractivity contribution in [3.8, 4) is 0 Å². The van der Waals surface area contributed by atoms with Crippen LogP contribution >= 0.6 is 11.3 Å². The molecule has 1 unspecified atom stereocenters. The monoisotopic (exact) mass is 271 g/mol. The molecule has 1 aromatic heterocycles. The molecule has 2 amide bonds. The van der Waals surface area contributed by atoms with Crippen LogP contribution in [0.1, 0.15) is 28.9 Å². The number of methoxy groups -OCH3 is 1. The van der Waals surface area contributed by atoms with Gasteiger partial charge in [0.05, 0.1) is 17.2 Å². The van der Waals surface area contributed by atoms with E-state index in [2.05, 4.69) is 15.6 Å². The van der Waals surface area contributed by atoms with E-state index in [9.17, 15) is 4.79 Å². The van der Waals surface area contributed by atoms with Gasteiger partial charge in [-0.2, -0.15) is 0 Å². The van der Waals surface area contributed by atoms with Crippen LogP contribution in [0.15, 0.2) is 0 Å². The number of aromatic nitrogens is 1. The van der Waals surface area contributed by atoms with Crippen LogP contribution in [0.25, 0.3) is 0 Å². The molecule has 2 N–H and O–H groups in total. The first-order chi connectivity index (χ1) is 8.52. The molecule has 0 bridgehead atoms. The summed E-state index contributed by atoms with van der Waals surface area (Å²) < 4.78 is 4.96. The van der Waals surface area contributed by atoms with Crippen molar-refractivity contribution in [1.29, 1.82) is 0 Å². The molecule has 0 saturated heterocycles. The molecule has 0 aliphatic rings. The number of carbonyl (C=O) groups excluding carboxylic acids is 1. The quantitative estimate of drug-likeness (QED) is 0.831. The van der Waals surface area contributed by atoms with Crippen LogP contribution in [0.4, 0.5) is 4.79 Å². The lowest BCUT2D eigenvalue weighted by Gasteiger charge is -2.13. The van der Waals surface area contributed by atoms with E-state index in [1.807, 2.05) is 20.8 Å². The number of carbonyl (C=O) groups is 1. The lowest BCUT2D eigenvalue weighted by molar-refractivity contribution is 0.184. The zero-order valence-electron chi connectivity index (χ0n) is 11.4. The highest BCUT2D eigenvalue weighted by Gasteiger charge is 2.09. The third kappa shape index (κ3) is 5.01. The van der Waals surface area contributed by atoms with Gasteiger partial charge in [0.15, 0.2) is 0 Å². The summed E-state index contributed by atoms with van der Waals surface area (Å²) in [4.78, 5) is 17.1. The van der Waals surface area contributed by atoms with E-state index >= 15 is 0 Å². The standard InChI is InChI=1S/C12H21N3O2S/c1-8(5-6-17-4)14-12(16)13-7-11-9(2)15-10(3)18-11/h8H,5-7H2,1-4H3,(H2,13,14,16). The Morgan fingerprint density at radius 2 is 2.22 bits per heavy atom. The van der Waals surface area contributed by atoms with Crippen LogP contribution in [-0.2, 0) is 11.3 Å². The van der Waals surface area contributed by atoms with Crippen LogP contribution in [0.2, 0.25) is 0 Å². The Morgan fingerprint density at radius 1 is 1.50 bits per heavy atom. The van der Waals surface area contributed by atoms with Gasteiger partial charge < -0.3 is 15.4 Å². The van der Waals surface area contributed by atoms with Gasteiger partial charge >= 0.3 is 6.03 Å². The maximum atomic E-state index is 11.6. The Kier molecular flexibility index (Phi) is 6.07. The van der Waals surface area contributed by atoms with E-state index in [0.29, 0.717) is 13.2 Å². The molecule has 1 rings (SSSR count). The predicted octanol–water partition coefficient (Wildman–Crippen LogP) is 1.98. The molecule has 0 aliphatic heterocycles. The Morgan fingerprint density at radius 3 is 2.78 bits per heavy atom. The Balaban J connectivity index is 2.30. The summed E-state index contributed by atoms with van der Waals surface area (Å²) in [5.41, 5.74) is 0.991. The van der Waals surface area contributed by atoms with Crippen molar-refractivity contribution < 1.29 is 9.53 Å². The topological polar surface area (TPSA) is 63.2 Å². The number of nitrogens with zero attached hydrogens (tertiary/aromatic N) is 1. The molecule has 1 atom stereocenters. The maximum absolute atomic E-state index is 11.6. The van der Waals surface area contributed by atoms with Crippen molar-refractivity contribution in [2.75, 3.05) is 13.7 Å². The van der Waals surface area contributed by atoms with Gasteiger partial charge in [-0.1, -0.05) is 0 Å². The predicted molar refractivity (Wildman–Crippen MR) is 72.9 cm³/mol.